The van der Waals surface area contributed by atoms with Crippen molar-refractivity contribution in [3.05, 3.63) is 59.4 Å². The zero-order valence-electron chi connectivity index (χ0n) is 10.0. The van der Waals surface area contributed by atoms with E-state index in [1.807, 2.05) is 0 Å². The van der Waals surface area contributed by atoms with E-state index >= 15 is 0 Å². The Bertz CT molecular complexity index is 672. The molecule has 0 saturated carbocycles. The minimum absolute atomic E-state index is 0.0250. The highest BCUT2D eigenvalue weighted by molar-refractivity contribution is 5.65. The molecule has 0 unspecified atom stereocenters. The zero-order chi connectivity index (χ0) is 14.8. The van der Waals surface area contributed by atoms with Gasteiger partial charge in [0.05, 0.1) is 22.9 Å². The van der Waals surface area contributed by atoms with Crippen LogP contribution >= 0.6 is 0 Å². The highest BCUT2D eigenvalue weighted by Crippen LogP contribution is 2.35. The topological polar surface area (TPSA) is 35.8 Å². The Labute approximate surface area is 112 Å². The van der Waals surface area contributed by atoms with E-state index in [-0.39, 0.29) is 16.9 Å². The molecule has 0 heterocycles. The molecule has 0 radical (unpaired) electrons. The maximum absolute atomic E-state index is 13.2. The van der Waals surface area contributed by atoms with Crippen molar-refractivity contribution in [1.29, 1.82) is 5.26 Å². The molecule has 2 nitrogen and oxygen atoms in total. The average molecular weight is 280 g/mol. The van der Waals surface area contributed by atoms with Gasteiger partial charge in [0, 0.05) is 5.69 Å². The number of hydrogen-bond acceptors (Lipinski definition) is 2. The number of anilines is 2. The summed E-state index contributed by atoms with van der Waals surface area (Å²) >= 11 is 0. The standard InChI is InChI=1S/C14H8F4N2/c15-10-5-9(8-19)6-11(7-10)20-13-4-2-1-3-12(13)14(16,17)18/h1-7,20H. The second-order valence-electron chi connectivity index (χ2n) is 4.01. The van der Waals surface area contributed by atoms with Crippen molar-refractivity contribution in [3.63, 3.8) is 0 Å². The van der Waals surface area contributed by atoms with Gasteiger partial charge < -0.3 is 5.32 Å². The maximum Gasteiger partial charge on any atom is 0.418 e. The molecule has 0 fully saturated rings. The molecule has 2 aromatic carbocycles. The number of halogens is 4. The van der Waals surface area contributed by atoms with Gasteiger partial charge in [-0.05, 0) is 30.3 Å². The van der Waals surface area contributed by atoms with Gasteiger partial charge in [0.25, 0.3) is 0 Å². The number of nitriles is 1. The number of alkyl halides is 3. The molecule has 2 rings (SSSR count). The van der Waals surface area contributed by atoms with E-state index < -0.39 is 17.6 Å². The van der Waals surface area contributed by atoms with Crippen LogP contribution in [-0.2, 0) is 6.18 Å². The normalized spacial score (nSPS) is 10.9. The summed E-state index contributed by atoms with van der Waals surface area (Å²) in [7, 11) is 0. The minimum Gasteiger partial charge on any atom is -0.355 e. The van der Waals surface area contributed by atoms with Gasteiger partial charge in [-0.2, -0.15) is 18.4 Å². The monoisotopic (exact) mass is 280 g/mol. The predicted molar refractivity (Wildman–Crippen MR) is 65.8 cm³/mol. The third-order valence-corrected chi connectivity index (χ3v) is 2.54. The lowest BCUT2D eigenvalue weighted by molar-refractivity contribution is -0.136. The molecular formula is C14H8F4N2. The first-order valence-corrected chi connectivity index (χ1v) is 5.54. The molecule has 0 bridgehead atoms. The van der Waals surface area contributed by atoms with E-state index in [9.17, 15) is 17.6 Å². The lowest BCUT2D eigenvalue weighted by Gasteiger charge is -2.14. The number of nitrogens with zero attached hydrogens (tertiary/aromatic N) is 1. The van der Waals surface area contributed by atoms with Gasteiger partial charge >= 0.3 is 6.18 Å². The second kappa shape index (κ2) is 5.21. The molecule has 1 N–H and O–H groups in total. The molecule has 6 heteroatoms. The third-order valence-electron chi connectivity index (χ3n) is 2.54. The summed E-state index contributed by atoms with van der Waals surface area (Å²) in [6, 6.07) is 9.89. The third kappa shape index (κ3) is 3.06. The quantitative estimate of drug-likeness (QED) is 0.824. The molecule has 0 spiro atoms. The van der Waals surface area contributed by atoms with Crippen LogP contribution in [0.2, 0.25) is 0 Å². The molecule has 20 heavy (non-hydrogen) atoms. The number of nitrogens with one attached hydrogen (secondary N) is 1. The fourth-order valence-corrected chi connectivity index (χ4v) is 1.72. The van der Waals surface area contributed by atoms with Crippen molar-refractivity contribution >= 4 is 11.4 Å². The Balaban J connectivity index is 2.41. The Morgan fingerprint density at radius 3 is 2.40 bits per heavy atom. The highest BCUT2D eigenvalue weighted by Gasteiger charge is 2.33. The van der Waals surface area contributed by atoms with Gasteiger partial charge in [0.15, 0.2) is 0 Å². The van der Waals surface area contributed by atoms with Crippen LogP contribution in [0, 0.1) is 17.1 Å². The van der Waals surface area contributed by atoms with Crippen LogP contribution in [0.5, 0.6) is 0 Å². The van der Waals surface area contributed by atoms with Crippen molar-refractivity contribution in [1.82, 2.24) is 0 Å². The molecule has 0 atom stereocenters. The van der Waals surface area contributed by atoms with E-state index in [2.05, 4.69) is 5.32 Å². The van der Waals surface area contributed by atoms with Crippen molar-refractivity contribution < 1.29 is 17.6 Å². The molecule has 0 amide bonds. The van der Waals surface area contributed by atoms with Gasteiger partial charge in [-0.3, -0.25) is 0 Å². The van der Waals surface area contributed by atoms with Crippen LogP contribution in [0.1, 0.15) is 11.1 Å². The van der Waals surface area contributed by atoms with E-state index in [1.54, 1.807) is 6.07 Å². The molecule has 2 aromatic rings. The van der Waals surface area contributed by atoms with Gasteiger partial charge in [0.1, 0.15) is 5.82 Å². The lowest BCUT2D eigenvalue weighted by atomic mass is 10.1. The summed E-state index contributed by atoms with van der Waals surface area (Å²) < 4.78 is 51.7. The summed E-state index contributed by atoms with van der Waals surface area (Å²) in [4.78, 5) is 0. The van der Waals surface area contributed by atoms with Crippen molar-refractivity contribution in [2.45, 2.75) is 6.18 Å². The molecule has 0 aliphatic carbocycles. The van der Waals surface area contributed by atoms with Gasteiger partial charge in [-0.25, -0.2) is 4.39 Å². The first-order valence-electron chi connectivity index (χ1n) is 5.54. The average Bonchev–Trinajstić information content (AvgIpc) is 2.37. The predicted octanol–water partition coefficient (Wildman–Crippen LogP) is 4.46. The van der Waals surface area contributed by atoms with E-state index in [0.717, 1.165) is 18.2 Å². The fourth-order valence-electron chi connectivity index (χ4n) is 1.72. The van der Waals surface area contributed by atoms with E-state index in [1.165, 1.54) is 24.3 Å². The number of benzene rings is 2. The van der Waals surface area contributed by atoms with Crippen molar-refractivity contribution in [2.24, 2.45) is 0 Å². The molecule has 0 aliphatic rings. The lowest BCUT2D eigenvalue weighted by Crippen LogP contribution is -2.08. The Morgan fingerprint density at radius 1 is 1.05 bits per heavy atom. The van der Waals surface area contributed by atoms with Crippen LogP contribution in [0.25, 0.3) is 0 Å². The summed E-state index contributed by atoms with van der Waals surface area (Å²) in [5.74, 6) is -0.698. The van der Waals surface area contributed by atoms with Crippen LogP contribution in [-0.4, -0.2) is 0 Å². The summed E-state index contributed by atoms with van der Waals surface area (Å²) in [6.45, 7) is 0. The van der Waals surface area contributed by atoms with E-state index in [4.69, 9.17) is 5.26 Å². The number of para-hydroxylation sites is 1. The molecule has 102 valence electrons. The van der Waals surface area contributed by atoms with Crippen LogP contribution in [0.15, 0.2) is 42.5 Å². The minimum atomic E-state index is -4.52. The summed E-state index contributed by atoms with van der Waals surface area (Å²) in [5, 5.41) is 11.2. The summed E-state index contributed by atoms with van der Waals surface area (Å²) in [5.41, 5.74) is -0.951. The van der Waals surface area contributed by atoms with Gasteiger partial charge in [-0.15, -0.1) is 0 Å². The van der Waals surface area contributed by atoms with Gasteiger partial charge in [-0.1, -0.05) is 12.1 Å². The molecule has 0 aromatic heterocycles. The Morgan fingerprint density at radius 2 is 1.75 bits per heavy atom. The largest absolute Gasteiger partial charge is 0.418 e. The van der Waals surface area contributed by atoms with Crippen LogP contribution in [0.3, 0.4) is 0 Å². The molecule has 0 aliphatic heterocycles. The highest BCUT2D eigenvalue weighted by atomic mass is 19.4. The first-order chi connectivity index (χ1) is 9.40. The Kier molecular flexibility index (Phi) is 3.61. The SMILES string of the molecule is N#Cc1cc(F)cc(Nc2ccccc2C(F)(F)F)c1. The molecular weight excluding hydrogens is 272 g/mol. The van der Waals surface area contributed by atoms with Gasteiger partial charge in [0.2, 0.25) is 0 Å². The fraction of sp³-hybridized carbons (Fsp3) is 0.0714. The zero-order valence-corrected chi connectivity index (χ0v) is 10.0. The summed E-state index contributed by atoms with van der Waals surface area (Å²) in [6.07, 6.45) is -4.52. The Hall–Kier alpha value is -2.55. The van der Waals surface area contributed by atoms with Crippen molar-refractivity contribution in [2.75, 3.05) is 5.32 Å². The van der Waals surface area contributed by atoms with Crippen molar-refractivity contribution in [3.8, 4) is 6.07 Å². The van der Waals surface area contributed by atoms with E-state index in [0.29, 0.717) is 0 Å². The van der Waals surface area contributed by atoms with Crippen LogP contribution in [0.4, 0.5) is 28.9 Å². The first kappa shape index (κ1) is 13.9. The molecule has 0 saturated heterocycles. The maximum atomic E-state index is 13.2. The van der Waals surface area contributed by atoms with Crippen LogP contribution < -0.4 is 5.32 Å². The smallest absolute Gasteiger partial charge is 0.355 e. The number of rotatable bonds is 2. The number of hydrogen-bond donors (Lipinski definition) is 1. The second-order valence-corrected chi connectivity index (χ2v) is 4.01.